The molecule has 2 N–H and O–H groups in total. The van der Waals surface area contributed by atoms with Crippen LogP contribution in [0.5, 0.6) is 5.75 Å². The minimum absolute atomic E-state index is 0.00349. The SMILES string of the molecule is O=S(O)OCCC[n+]1c(C=C2Oc3ccc(-c4ccccc4)cc3N2CCOS(=O)O)sc2ccc(Cl)cc21. The number of nitrogens with zero attached hydrogens (tertiary/aromatic N) is 2. The topological polar surface area (TPSA) is 109 Å². The molecule has 3 aromatic carbocycles. The van der Waals surface area contributed by atoms with Crippen molar-refractivity contribution in [1.29, 1.82) is 0 Å². The number of benzene rings is 3. The molecule has 1 aliphatic rings. The van der Waals surface area contributed by atoms with E-state index in [1.807, 2.05) is 77.7 Å². The Kier molecular flexibility index (Phi) is 9.05. The van der Waals surface area contributed by atoms with Gasteiger partial charge >= 0.3 is 22.7 Å². The summed E-state index contributed by atoms with van der Waals surface area (Å²) in [6.07, 6.45) is 2.40. The van der Waals surface area contributed by atoms with Crippen molar-refractivity contribution >= 4 is 67.6 Å². The van der Waals surface area contributed by atoms with Gasteiger partial charge in [0.2, 0.25) is 11.4 Å². The number of thiazole rings is 1. The third kappa shape index (κ3) is 6.73. The lowest BCUT2D eigenvalue weighted by Gasteiger charge is -2.17. The van der Waals surface area contributed by atoms with E-state index in [1.165, 1.54) is 0 Å². The molecule has 0 spiro atoms. The number of anilines is 1. The van der Waals surface area contributed by atoms with E-state index < -0.39 is 22.7 Å². The van der Waals surface area contributed by atoms with E-state index in [4.69, 9.17) is 33.8 Å². The van der Waals surface area contributed by atoms with Crippen LogP contribution < -0.4 is 14.2 Å². The predicted octanol–water partition coefficient (Wildman–Crippen LogP) is 5.40. The maximum atomic E-state index is 11.1. The third-order valence-corrected chi connectivity index (χ3v) is 8.07. The fourth-order valence-corrected chi connectivity index (χ4v) is 6.06. The van der Waals surface area contributed by atoms with Crippen molar-refractivity contribution in [2.45, 2.75) is 13.0 Å². The number of hydrogen-bond acceptors (Lipinski definition) is 7. The second-order valence-electron chi connectivity index (χ2n) is 8.42. The molecule has 0 amide bonds. The third-order valence-electron chi connectivity index (χ3n) is 5.99. The minimum atomic E-state index is -2.38. The molecule has 1 aliphatic heterocycles. The lowest BCUT2D eigenvalue weighted by atomic mass is 10.0. The van der Waals surface area contributed by atoms with Crippen LogP contribution in [0.4, 0.5) is 5.69 Å². The van der Waals surface area contributed by atoms with E-state index in [2.05, 4.69) is 4.57 Å². The van der Waals surface area contributed by atoms with E-state index in [1.54, 1.807) is 11.3 Å². The zero-order valence-electron chi connectivity index (χ0n) is 20.4. The zero-order valence-corrected chi connectivity index (χ0v) is 23.6. The van der Waals surface area contributed by atoms with Gasteiger partial charge in [-0.25, -0.2) is 0 Å². The van der Waals surface area contributed by atoms with Gasteiger partial charge in [0.25, 0.3) is 5.01 Å². The maximum Gasteiger partial charge on any atom is 0.301 e. The molecule has 0 saturated carbocycles. The van der Waals surface area contributed by atoms with Crippen LogP contribution in [0.25, 0.3) is 27.4 Å². The van der Waals surface area contributed by atoms with E-state index in [9.17, 15) is 8.42 Å². The Morgan fingerprint density at radius 3 is 2.51 bits per heavy atom. The summed E-state index contributed by atoms with van der Waals surface area (Å²) in [5.41, 5.74) is 3.78. The lowest BCUT2D eigenvalue weighted by Crippen LogP contribution is -2.36. The first-order valence-electron chi connectivity index (χ1n) is 11.9. The molecule has 9 nitrogen and oxygen atoms in total. The first-order chi connectivity index (χ1) is 18.9. The molecular weight excluding hydrogens is 584 g/mol. The molecule has 2 heterocycles. The molecular formula is C26H24ClN2O7S3+. The summed E-state index contributed by atoms with van der Waals surface area (Å²) in [5, 5.41) is 1.45. The van der Waals surface area contributed by atoms with Gasteiger partial charge < -0.3 is 9.64 Å². The van der Waals surface area contributed by atoms with Crippen LogP contribution in [-0.4, -0.2) is 37.3 Å². The Morgan fingerprint density at radius 2 is 1.74 bits per heavy atom. The Morgan fingerprint density at radius 1 is 0.974 bits per heavy atom. The fourth-order valence-electron chi connectivity index (χ4n) is 4.32. The first kappa shape index (κ1) is 27.9. The number of halogens is 1. The number of rotatable bonds is 11. The number of hydrogen-bond donors (Lipinski definition) is 2. The Labute approximate surface area is 239 Å². The summed E-state index contributed by atoms with van der Waals surface area (Å²) in [6.45, 7) is 0.886. The van der Waals surface area contributed by atoms with Crippen molar-refractivity contribution in [2.24, 2.45) is 0 Å². The normalized spacial score (nSPS) is 15.5. The second kappa shape index (κ2) is 12.7. The number of aromatic nitrogens is 1. The largest absolute Gasteiger partial charge is 0.438 e. The van der Waals surface area contributed by atoms with Crippen molar-refractivity contribution in [3.8, 4) is 16.9 Å². The van der Waals surface area contributed by atoms with E-state index in [0.717, 1.165) is 32.0 Å². The van der Waals surface area contributed by atoms with Crippen LogP contribution in [0.1, 0.15) is 11.4 Å². The number of fused-ring (bicyclic) bond motifs is 2. The second-order valence-corrected chi connectivity index (χ2v) is 11.3. The van der Waals surface area contributed by atoms with Crippen LogP contribution in [0.15, 0.2) is 72.6 Å². The molecule has 13 heteroatoms. The van der Waals surface area contributed by atoms with Gasteiger partial charge in [0.1, 0.15) is 4.70 Å². The summed E-state index contributed by atoms with van der Waals surface area (Å²) in [5.74, 6) is 1.18. The highest BCUT2D eigenvalue weighted by atomic mass is 35.5. The van der Waals surface area contributed by atoms with Gasteiger partial charge in [-0.15, -0.1) is 0 Å². The van der Waals surface area contributed by atoms with Crippen molar-refractivity contribution in [3.05, 3.63) is 82.6 Å². The summed E-state index contributed by atoms with van der Waals surface area (Å²) < 4.78 is 59.1. The molecule has 5 rings (SSSR count). The molecule has 0 aliphatic carbocycles. The molecule has 2 atom stereocenters. The fraction of sp³-hybridized carbons (Fsp3) is 0.192. The van der Waals surface area contributed by atoms with E-state index in [-0.39, 0.29) is 19.8 Å². The lowest BCUT2D eigenvalue weighted by molar-refractivity contribution is -0.669. The predicted molar refractivity (Wildman–Crippen MR) is 153 cm³/mol. The van der Waals surface area contributed by atoms with Gasteiger partial charge in [-0.05, 0) is 35.4 Å². The molecule has 4 aromatic rings. The maximum absolute atomic E-state index is 11.1. The van der Waals surface area contributed by atoms with Gasteiger partial charge in [-0.1, -0.05) is 59.3 Å². The molecule has 2 unspecified atom stereocenters. The average molecular weight is 608 g/mol. The van der Waals surface area contributed by atoms with Gasteiger partial charge in [-0.3, -0.25) is 17.5 Å². The van der Waals surface area contributed by atoms with Gasteiger partial charge in [0, 0.05) is 17.5 Å². The highest BCUT2D eigenvalue weighted by molar-refractivity contribution is 7.74. The molecule has 0 saturated heterocycles. The first-order valence-corrected chi connectivity index (χ1v) is 15.1. The Balaban J connectivity index is 1.52. The molecule has 0 radical (unpaired) electrons. The molecule has 39 heavy (non-hydrogen) atoms. The van der Waals surface area contributed by atoms with E-state index >= 15 is 0 Å². The average Bonchev–Trinajstić information content (AvgIpc) is 3.43. The molecule has 1 aromatic heterocycles. The minimum Gasteiger partial charge on any atom is -0.438 e. The monoisotopic (exact) mass is 607 g/mol. The Bertz CT molecular complexity index is 1560. The standard InChI is InChI=1S/C26H23ClN2O7S3/c27-20-8-10-24-22(16-20)29(11-4-13-34-38(30)31)26(37-24)17-25-28(12-14-35-39(32)33)21-15-19(7-9-23(21)36-25)18-5-2-1-3-6-18/h1-3,5-10,15-17H,4,11-14H2,(H-,30,31,32,33)/p+1. The summed E-state index contributed by atoms with van der Waals surface area (Å²) in [6, 6.07) is 21.5. The highest BCUT2D eigenvalue weighted by Gasteiger charge is 2.30. The number of aryl methyl sites for hydroxylation is 1. The van der Waals surface area contributed by atoms with Crippen molar-refractivity contribution in [1.82, 2.24) is 0 Å². The Hall–Kier alpha value is -2.68. The van der Waals surface area contributed by atoms with Crippen LogP contribution in [-0.2, 0) is 37.6 Å². The zero-order chi connectivity index (χ0) is 27.4. The van der Waals surface area contributed by atoms with Crippen molar-refractivity contribution in [3.63, 3.8) is 0 Å². The van der Waals surface area contributed by atoms with Crippen LogP contribution in [0, 0.1) is 0 Å². The highest BCUT2D eigenvalue weighted by Crippen LogP contribution is 2.42. The summed E-state index contributed by atoms with van der Waals surface area (Å²) in [7, 11) is 0. The van der Waals surface area contributed by atoms with E-state index in [0.29, 0.717) is 29.6 Å². The van der Waals surface area contributed by atoms with Crippen molar-refractivity contribution < 1.29 is 35.2 Å². The smallest absolute Gasteiger partial charge is 0.301 e. The summed E-state index contributed by atoms with van der Waals surface area (Å²) >= 11 is 3.13. The van der Waals surface area contributed by atoms with Gasteiger partial charge in [0.05, 0.1) is 31.5 Å². The number of ether oxygens (including phenoxy) is 1. The van der Waals surface area contributed by atoms with Gasteiger partial charge in [0.15, 0.2) is 12.3 Å². The van der Waals surface area contributed by atoms with Crippen LogP contribution in [0.3, 0.4) is 0 Å². The van der Waals surface area contributed by atoms with Gasteiger partial charge in [-0.2, -0.15) is 13.0 Å². The molecule has 204 valence electrons. The molecule has 0 fully saturated rings. The molecule has 0 bridgehead atoms. The summed E-state index contributed by atoms with van der Waals surface area (Å²) in [4.78, 5) is 1.91. The van der Waals surface area contributed by atoms with Crippen molar-refractivity contribution in [2.75, 3.05) is 24.7 Å². The van der Waals surface area contributed by atoms with Crippen LogP contribution in [0.2, 0.25) is 5.02 Å². The van der Waals surface area contributed by atoms with Crippen LogP contribution >= 0.6 is 22.9 Å². The quantitative estimate of drug-likeness (QED) is 0.132.